The monoisotopic (exact) mass is 312 g/mol. The number of hydrogen-bond donors (Lipinski definition) is 2. The molecular weight excluding hydrogens is 288 g/mol. The van der Waals surface area contributed by atoms with E-state index < -0.39 is 18.1 Å². The lowest BCUT2D eigenvalue weighted by Gasteiger charge is -2.40. The second-order valence-electron chi connectivity index (χ2n) is 5.73. The van der Waals surface area contributed by atoms with Gasteiger partial charge in [0.25, 0.3) is 0 Å². The first-order chi connectivity index (χ1) is 10.4. The van der Waals surface area contributed by atoms with Gasteiger partial charge in [-0.3, -0.25) is 4.57 Å². The summed E-state index contributed by atoms with van der Waals surface area (Å²) in [7, 11) is 3.84. The van der Waals surface area contributed by atoms with Gasteiger partial charge in [-0.1, -0.05) is 0 Å². The maximum absolute atomic E-state index is 11.6. The zero-order valence-electron chi connectivity index (χ0n) is 13.2. The van der Waals surface area contributed by atoms with E-state index in [1.165, 1.54) is 4.57 Å². The van der Waals surface area contributed by atoms with E-state index in [1.807, 2.05) is 25.9 Å². The van der Waals surface area contributed by atoms with Crippen LogP contribution < -0.4 is 11.4 Å². The average molecular weight is 312 g/mol. The number of nitrogen functional groups attached to an aromatic ring is 1. The number of ether oxygens (including phenoxy) is 2. The average Bonchev–Trinajstić information content (AvgIpc) is 2.44. The number of likely N-dealkylation sites (N-methyl/N-ethyl adjacent to an activating group) is 1. The Hall–Kier alpha value is -1.48. The summed E-state index contributed by atoms with van der Waals surface area (Å²) in [4.78, 5) is 17.2. The Morgan fingerprint density at radius 3 is 2.95 bits per heavy atom. The molecule has 0 radical (unpaired) electrons. The molecule has 0 amide bonds. The molecule has 8 heteroatoms. The smallest absolute Gasteiger partial charge is 0.349 e. The number of hydrogen-bond acceptors (Lipinski definition) is 7. The first kappa shape index (κ1) is 16.9. The lowest BCUT2D eigenvalue weighted by atomic mass is 9.99. The number of aliphatic hydroxyl groups is 1. The lowest BCUT2D eigenvalue weighted by Crippen LogP contribution is -2.53. The summed E-state index contributed by atoms with van der Waals surface area (Å²) in [5.41, 5.74) is 5.04. The predicted octanol–water partition coefficient (Wildman–Crippen LogP) is -0.732. The quantitative estimate of drug-likeness (QED) is 0.738. The summed E-state index contributed by atoms with van der Waals surface area (Å²) >= 11 is 0. The summed E-state index contributed by atoms with van der Waals surface area (Å²) in [6, 6.07) is 1.55. The molecule has 0 bridgehead atoms. The second kappa shape index (κ2) is 7.19. The van der Waals surface area contributed by atoms with Gasteiger partial charge < -0.3 is 25.2 Å². The molecule has 1 aromatic rings. The van der Waals surface area contributed by atoms with Gasteiger partial charge in [0.1, 0.15) is 5.82 Å². The summed E-state index contributed by atoms with van der Waals surface area (Å²) in [6.45, 7) is 2.51. The van der Waals surface area contributed by atoms with Crippen LogP contribution >= 0.6 is 0 Å². The van der Waals surface area contributed by atoms with Crippen molar-refractivity contribution in [3.05, 3.63) is 22.7 Å². The number of rotatable bonds is 5. The third-order valence-corrected chi connectivity index (χ3v) is 3.87. The first-order valence-electron chi connectivity index (χ1n) is 7.33. The molecule has 0 unspecified atom stereocenters. The molecule has 1 aromatic heterocycles. The number of aliphatic hydroxyl groups excluding tert-OH is 1. The van der Waals surface area contributed by atoms with Crippen molar-refractivity contribution in [3.63, 3.8) is 0 Å². The summed E-state index contributed by atoms with van der Waals surface area (Å²) in [5, 5.41) is 10.1. The molecular formula is C14H24N4O4. The van der Waals surface area contributed by atoms with Crippen molar-refractivity contribution >= 4 is 5.82 Å². The number of nitrogens with two attached hydrogens (primary N) is 1. The largest absolute Gasteiger partial charge is 0.389 e. The van der Waals surface area contributed by atoms with Crippen molar-refractivity contribution in [3.8, 4) is 0 Å². The molecule has 0 aliphatic carbocycles. The Bertz CT molecular complexity index is 548. The fourth-order valence-electron chi connectivity index (χ4n) is 2.54. The van der Waals surface area contributed by atoms with Crippen molar-refractivity contribution in [2.75, 3.05) is 26.4 Å². The number of anilines is 1. The van der Waals surface area contributed by atoms with E-state index in [0.717, 1.165) is 0 Å². The SMILES string of the molecule is C[C@H]1O[C@@H](OCCn2ccc(N)nc2=O)C[C@@H](N(C)C)[C@@H]1O. The van der Waals surface area contributed by atoms with Crippen molar-refractivity contribution in [2.45, 2.75) is 44.4 Å². The normalized spacial score (nSPS) is 29.0. The molecule has 8 nitrogen and oxygen atoms in total. The highest BCUT2D eigenvalue weighted by atomic mass is 16.7. The highest BCUT2D eigenvalue weighted by Crippen LogP contribution is 2.23. The second-order valence-corrected chi connectivity index (χ2v) is 5.73. The van der Waals surface area contributed by atoms with E-state index in [4.69, 9.17) is 15.2 Å². The molecule has 1 saturated heterocycles. The van der Waals surface area contributed by atoms with E-state index in [2.05, 4.69) is 4.98 Å². The molecule has 1 aliphatic heterocycles. The van der Waals surface area contributed by atoms with Crippen LogP contribution in [-0.4, -0.2) is 64.8 Å². The highest BCUT2D eigenvalue weighted by molar-refractivity contribution is 5.23. The van der Waals surface area contributed by atoms with Gasteiger partial charge >= 0.3 is 5.69 Å². The Balaban J connectivity index is 1.87. The molecule has 0 aromatic carbocycles. The van der Waals surface area contributed by atoms with E-state index in [1.54, 1.807) is 12.3 Å². The van der Waals surface area contributed by atoms with Crippen molar-refractivity contribution in [1.82, 2.24) is 14.5 Å². The van der Waals surface area contributed by atoms with E-state index in [0.29, 0.717) is 19.6 Å². The van der Waals surface area contributed by atoms with Crippen molar-refractivity contribution in [1.29, 1.82) is 0 Å². The molecule has 0 spiro atoms. The third-order valence-electron chi connectivity index (χ3n) is 3.87. The lowest BCUT2D eigenvalue weighted by molar-refractivity contribution is -0.234. The Kier molecular flexibility index (Phi) is 5.52. The fraction of sp³-hybridized carbons (Fsp3) is 0.714. The molecule has 22 heavy (non-hydrogen) atoms. The summed E-state index contributed by atoms with van der Waals surface area (Å²) in [5.74, 6) is 0.203. The highest BCUT2D eigenvalue weighted by Gasteiger charge is 2.36. The van der Waals surface area contributed by atoms with Gasteiger partial charge in [-0.2, -0.15) is 4.98 Å². The molecule has 1 aliphatic rings. The van der Waals surface area contributed by atoms with Gasteiger partial charge in [0.2, 0.25) is 0 Å². The van der Waals surface area contributed by atoms with Gasteiger partial charge in [0.15, 0.2) is 6.29 Å². The summed E-state index contributed by atoms with van der Waals surface area (Å²) < 4.78 is 12.8. The predicted molar refractivity (Wildman–Crippen MR) is 81.3 cm³/mol. The Morgan fingerprint density at radius 2 is 2.32 bits per heavy atom. The zero-order valence-corrected chi connectivity index (χ0v) is 13.2. The topological polar surface area (TPSA) is 103 Å². The molecule has 3 N–H and O–H groups in total. The molecule has 124 valence electrons. The van der Waals surface area contributed by atoms with Crippen LogP contribution in [0.25, 0.3) is 0 Å². The Morgan fingerprint density at radius 1 is 1.59 bits per heavy atom. The van der Waals surface area contributed by atoms with Crippen LogP contribution in [0.4, 0.5) is 5.82 Å². The third kappa shape index (κ3) is 4.04. The van der Waals surface area contributed by atoms with Crippen LogP contribution in [0.5, 0.6) is 0 Å². The minimum atomic E-state index is -0.543. The fourth-order valence-corrected chi connectivity index (χ4v) is 2.54. The van der Waals surface area contributed by atoms with E-state index in [-0.39, 0.29) is 18.0 Å². The zero-order chi connectivity index (χ0) is 16.3. The molecule has 1 fully saturated rings. The van der Waals surface area contributed by atoms with Gasteiger partial charge in [0, 0.05) is 18.7 Å². The van der Waals surface area contributed by atoms with Gasteiger partial charge in [-0.25, -0.2) is 4.79 Å². The van der Waals surface area contributed by atoms with Gasteiger partial charge in [0.05, 0.1) is 25.4 Å². The van der Waals surface area contributed by atoms with Crippen LogP contribution in [0.15, 0.2) is 17.1 Å². The Labute approximate surface area is 129 Å². The van der Waals surface area contributed by atoms with Crippen molar-refractivity contribution in [2.24, 2.45) is 0 Å². The molecule has 2 rings (SSSR count). The van der Waals surface area contributed by atoms with E-state index in [9.17, 15) is 9.90 Å². The maximum Gasteiger partial charge on any atom is 0.349 e. The molecule has 4 atom stereocenters. The van der Waals surface area contributed by atoms with Crippen LogP contribution in [0.2, 0.25) is 0 Å². The van der Waals surface area contributed by atoms with E-state index >= 15 is 0 Å². The van der Waals surface area contributed by atoms with Gasteiger partial charge in [-0.05, 0) is 27.1 Å². The first-order valence-corrected chi connectivity index (χ1v) is 7.33. The molecule has 0 saturated carbocycles. The minimum Gasteiger partial charge on any atom is -0.389 e. The maximum atomic E-state index is 11.6. The van der Waals surface area contributed by atoms with Gasteiger partial charge in [-0.15, -0.1) is 0 Å². The summed E-state index contributed by atoms with van der Waals surface area (Å²) in [6.07, 6.45) is 0.923. The minimum absolute atomic E-state index is 0.0188. The van der Waals surface area contributed by atoms with Crippen LogP contribution in [0, 0.1) is 0 Å². The van der Waals surface area contributed by atoms with Crippen LogP contribution in [0.1, 0.15) is 13.3 Å². The van der Waals surface area contributed by atoms with Crippen LogP contribution in [0.3, 0.4) is 0 Å². The molecule has 2 heterocycles. The number of aromatic nitrogens is 2. The van der Waals surface area contributed by atoms with Crippen molar-refractivity contribution < 1.29 is 14.6 Å². The van der Waals surface area contributed by atoms with Crippen LogP contribution in [-0.2, 0) is 16.0 Å². The standard InChI is InChI=1S/C14H24N4O4/c1-9-13(19)10(17(2)3)8-12(22-9)21-7-6-18-5-4-11(15)16-14(18)20/h4-5,9-10,12-13,19H,6-8H2,1-3H3,(H2,15,16,20)/t9-,10-,12-,13-/m1/s1. The number of nitrogens with zero attached hydrogens (tertiary/aromatic N) is 3.